The number of aromatic nitrogens is 4. The highest BCUT2D eigenvalue weighted by Gasteiger charge is 2.31. The van der Waals surface area contributed by atoms with Crippen molar-refractivity contribution in [3.05, 3.63) is 100 Å². The predicted octanol–water partition coefficient (Wildman–Crippen LogP) is 5.83. The van der Waals surface area contributed by atoms with E-state index < -0.39 is 23.3 Å². The summed E-state index contributed by atoms with van der Waals surface area (Å²) in [5.41, 5.74) is 1.27. The lowest BCUT2D eigenvalue weighted by atomic mass is 10.1. The van der Waals surface area contributed by atoms with Crippen LogP contribution >= 0.6 is 0 Å². The van der Waals surface area contributed by atoms with Gasteiger partial charge in [0.1, 0.15) is 5.75 Å². The van der Waals surface area contributed by atoms with E-state index >= 15 is 0 Å². The lowest BCUT2D eigenvalue weighted by Gasteiger charge is -2.17. The minimum atomic E-state index is -4.60. The Bertz CT molecular complexity index is 1920. The fourth-order valence-corrected chi connectivity index (χ4v) is 4.65. The molecule has 1 amide bonds. The van der Waals surface area contributed by atoms with E-state index in [9.17, 15) is 22.8 Å². The van der Waals surface area contributed by atoms with E-state index in [1.807, 2.05) is 50.2 Å². The Balaban J connectivity index is 1.51. The maximum Gasteiger partial charge on any atom is 0.416 e. The van der Waals surface area contributed by atoms with E-state index in [1.165, 1.54) is 29.9 Å². The molecule has 13 heteroatoms. The second-order valence-corrected chi connectivity index (χ2v) is 9.98. The Hall–Kier alpha value is -5.46. The third kappa shape index (κ3) is 6.31. The third-order valence-corrected chi connectivity index (χ3v) is 6.79. The van der Waals surface area contributed by atoms with Gasteiger partial charge in [-0.3, -0.25) is 9.36 Å². The Morgan fingerprint density at radius 3 is 2.48 bits per heavy atom. The number of methoxy groups -OCH3 is 1. The van der Waals surface area contributed by atoms with Gasteiger partial charge in [0.2, 0.25) is 5.95 Å². The van der Waals surface area contributed by atoms with Crippen molar-refractivity contribution < 1.29 is 22.7 Å². The molecule has 0 radical (unpaired) electrons. The number of nitrogens with one attached hydrogen (secondary N) is 2. The maximum absolute atomic E-state index is 13.4. The Labute approximate surface area is 250 Å². The van der Waals surface area contributed by atoms with Crippen LogP contribution in [0.4, 0.5) is 36.2 Å². The summed E-state index contributed by atoms with van der Waals surface area (Å²) in [7, 11) is 5.28. The van der Waals surface area contributed by atoms with Gasteiger partial charge in [-0.1, -0.05) is 19.1 Å². The van der Waals surface area contributed by atoms with Crippen LogP contribution in [0.25, 0.3) is 16.7 Å². The van der Waals surface area contributed by atoms with Crippen molar-refractivity contribution in [3.8, 4) is 11.4 Å². The van der Waals surface area contributed by atoms with Gasteiger partial charge in [0.05, 0.1) is 23.7 Å². The second-order valence-electron chi connectivity index (χ2n) is 9.98. The average Bonchev–Trinajstić information content (AvgIpc) is 2.99. The number of benzene rings is 3. The fourth-order valence-electron chi connectivity index (χ4n) is 4.65. The predicted molar refractivity (Wildman–Crippen MR) is 162 cm³/mol. The van der Waals surface area contributed by atoms with Gasteiger partial charge in [-0.2, -0.15) is 23.1 Å². The van der Waals surface area contributed by atoms with Crippen molar-refractivity contribution >= 4 is 40.0 Å². The van der Waals surface area contributed by atoms with Gasteiger partial charge in [0, 0.05) is 60.7 Å². The van der Waals surface area contributed by atoms with Crippen molar-refractivity contribution in [1.29, 1.82) is 0 Å². The number of anilines is 4. The highest BCUT2D eigenvalue weighted by molar-refractivity contribution is 6.04. The van der Waals surface area contributed by atoms with Crippen molar-refractivity contribution in [1.82, 2.24) is 19.5 Å². The first-order valence-corrected chi connectivity index (χ1v) is 13.5. The molecule has 0 fully saturated rings. The summed E-state index contributed by atoms with van der Waals surface area (Å²) >= 11 is 0. The van der Waals surface area contributed by atoms with E-state index in [4.69, 9.17) is 4.74 Å². The molecule has 0 atom stereocenters. The van der Waals surface area contributed by atoms with Gasteiger partial charge in [0.15, 0.2) is 5.65 Å². The molecule has 0 spiro atoms. The topological polar surface area (TPSA) is 114 Å². The summed E-state index contributed by atoms with van der Waals surface area (Å²) in [6.07, 6.45) is -2.62. The molecule has 44 heavy (non-hydrogen) atoms. The molecule has 0 unspecified atom stereocenters. The molecule has 0 aliphatic rings. The SMILES string of the molecule is CCc1c2cnc(Nc3cccc(N(C)C)c3)nc2nc(=O)n1-c1cc(NC(=O)c2cccc(C(F)(F)F)c2)cc(OC)c1. The van der Waals surface area contributed by atoms with Gasteiger partial charge in [-0.05, 0) is 48.9 Å². The molecule has 10 nitrogen and oxygen atoms in total. The van der Waals surface area contributed by atoms with Crippen LogP contribution in [-0.4, -0.2) is 46.6 Å². The maximum atomic E-state index is 13.4. The number of fused-ring (bicyclic) bond motifs is 1. The van der Waals surface area contributed by atoms with E-state index in [2.05, 4.69) is 25.6 Å². The number of hydrogen-bond acceptors (Lipinski definition) is 8. The van der Waals surface area contributed by atoms with Crippen LogP contribution in [0.15, 0.2) is 77.7 Å². The van der Waals surface area contributed by atoms with E-state index in [0.717, 1.165) is 29.6 Å². The zero-order valence-electron chi connectivity index (χ0n) is 24.2. The Morgan fingerprint density at radius 2 is 1.77 bits per heavy atom. The standard InChI is InChI=1S/C31H28F3N7O3/c1-5-26-25-17-35-29(37-20-10-7-11-22(13-20)40(2)3)38-27(25)39-30(43)41(26)23-14-21(15-24(16-23)44-4)36-28(42)18-8-6-9-19(12-18)31(32,33)34/h6-17H,5H2,1-4H3,(H,36,42)(H,37,38,39,43). The first-order valence-electron chi connectivity index (χ1n) is 13.5. The van der Waals surface area contributed by atoms with E-state index in [1.54, 1.807) is 12.3 Å². The fraction of sp³-hybridized carbons (Fsp3) is 0.194. The normalized spacial score (nSPS) is 11.3. The molecule has 0 saturated carbocycles. The van der Waals surface area contributed by atoms with Gasteiger partial charge in [-0.15, -0.1) is 0 Å². The van der Waals surface area contributed by atoms with E-state index in [-0.39, 0.29) is 22.8 Å². The smallest absolute Gasteiger partial charge is 0.416 e. The summed E-state index contributed by atoms with van der Waals surface area (Å²) in [4.78, 5) is 41.4. The quantitative estimate of drug-likeness (QED) is 0.228. The number of aryl methyl sites for hydroxylation is 1. The zero-order chi connectivity index (χ0) is 31.6. The van der Waals surface area contributed by atoms with E-state index in [0.29, 0.717) is 28.9 Å². The number of nitrogens with zero attached hydrogens (tertiary/aromatic N) is 5. The number of halogens is 3. The number of carbonyl (C=O) groups excluding carboxylic acids is 1. The monoisotopic (exact) mass is 603 g/mol. The lowest BCUT2D eigenvalue weighted by molar-refractivity contribution is -0.137. The number of alkyl halides is 3. The number of hydrogen-bond donors (Lipinski definition) is 2. The number of amides is 1. The molecule has 0 bridgehead atoms. The van der Waals surface area contributed by atoms with Crippen molar-refractivity contribution in [2.45, 2.75) is 19.5 Å². The summed E-state index contributed by atoms with van der Waals surface area (Å²) in [5, 5.41) is 6.28. The molecule has 5 aromatic rings. The Kier molecular flexibility index (Phi) is 8.21. The van der Waals surface area contributed by atoms with Crippen LogP contribution in [0, 0.1) is 0 Å². The molecule has 2 aromatic heterocycles. The first kappa shape index (κ1) is 30.0. The summed E-state index contributed by atoms with van der Waals surface area (Å²) in [5.74, 6) is -0.202. The lowest BCUT2D eigenvalue weighted by Crippen LogP contribution is -2.25. The highest BCUT2D eigenvalue weighted by atomic mass is 19.4. The molecule has 2 heterocycles. The summed E-state index contributed by atoms with van der Waals surface area (Å²) in [6, 6.07) is 16.3. The molecular weight excluding hydrogens is 575 g/mol. The van der Waals surface area contributed by atoms with Crippen molar-refractivity contribution in [2.75, 3.05) is 36.7 Å². The first-order chi connectivity index (χ1) is 21.0. The third-order valence-electron chi connectivity index (χ3n) is 6.79. The molecular formula is C31H28F3N7O3. The number of carbonyl (C=O) groups is 1. The van der Waals surface area contributed by atoms with Crippen LogP contribution in [-0.2, 0) is 12.6 Å². The van der Waals surface area contributed by atoms with Gasteiger partial charge < -0.3 is 20.3 Å². The van der Waals surface area contributed by atoms with Crippen molar-refractivity contribution in [2.24, 2.45) is 0 Å². The molecule has 0 aliphatic carbocycles. The average molecular weight is 604 g/mol. The molecule has 0 saturated heterocycles. The molecule has 226 valence electrons. The molecule has 2 N–H and O–H groups in total. The number of ether oxygens (including phenoxy) is 1. The minimum Gasteiger partial charge on any atom is -0.497 e. The summed E-state index contributed by atoms with van der Waals surface area (Å²) < 4.78 is 46.3. The minimum absolute atomic E-state index is 0.182. The van der Waals surface area contributed by atoms with Crippen LogP contribution in [0.2, 0.25) is 0 Å². The Morgan fingerprint density at radius 1 is 1.00 bits per heavy atom. The van der Waals surface area contributed by atoms with Crippen LogP contribution in [0.5, 0.6) is 5.75 Å². The second kappa shape index (κ2) is 12.0. The van der Waals surface area contributed by atoms with Gasteiger partial charge in [0.25, 0.3) is 5.91 Å². The van der Waals surface area contributed by atoms with Crippen LogP contribution in [0.3, 0.4) is 0 Å². The molecule has 3 aromatic carbocycles. The van der Waals surface area contributed by atoms with Gasteiger partial charge >= 0.3 is 11.9 Å². The number of rotatable bonds is 8. The molecule has 5 rings (SSSR count). The van der Waals surface area contributed by atoms with Crippen LogP contribution < -0.4 is 26.0 Å². The van der Waals surface area contributed by atoms with Crippen LogP contribution in [0.1, 0.15) is 28.5 Å². The largest absolute Gasteiger partial charge is 0.497 e. The van der Waals surface area contributed by atoms with Gasteiger partial charge in [-0.25, -0.2) is 9.78 Å². The summed E-state index contributed by atoms with van der Waals surface area (Å²) in [6.45, 7) is 1.86. The highest BCUT2D eigenvalue weighted by Crippen LogP contribution is 2.30. The molecule has 0 aliphatic heterocycles. The zero-order valence-corrected chi connectivity index (χ0v) is 24.2. The van der Waals surface area contributed by atoms with Crippen molar-refractivity contribution in [3.63, 3.8) is 0 Å².